The van der Waals surface area contributed by atoms with Crippen LogP contribution in [-0.2, 0) is 13.2 Å². The van der Waals surface area contributed by atoms with Crippen molar-refractivity contribution in [3.05, 3.63) is 71.5 Å². The Morgan fingerprint density at radius 3 is 2.66 bits per heavy atom. The summed E-state index contributed by atoms with van der Waals surface area (Å²) in [5, 5.41) is 15.3. The average Bonchev–Trinajstić information content (AvgIpc) is 3.19. The summed E-state index contributed by atoms with van der Waals surface area (Å²) in [5.41, 5.74) is 5.55. The van der Waals surface area contributed by atoms with Crippen molar-refractivity contribution < 1.29 is 9.84 Å². The van der Waals surface area contributed by atoms with Crippen molar-refractivity contribution in [2.24, 2.45) is 0 Å². The van der Waals surface area contributed by atoms with E-state index in [1.54, 1.807) is 13.3 Å². The van der Waals surface area contributed by atoms with E-state index in [2.05, 4.69) is 26.9 Å². The Bertz CT molecular complexity index is 1220. The van der Waals surface area contributed by atoms with Crippen molar-refractivity contribution in [2.45, 2.75) is 20.1 Å². The van der Waals surface area contributed by atoms with E-state index < -0.39 is 0 Å². The molecular weight excluding hydrogens is 364 g/mol. The number of nitrogens with zero attached hydrogens (tertiary/aromatic N) is 4. The summed E-state index contributed by atoms with van der Waals surface area (Å²) in [7, 11) is 1.55. The molecule has 4 rings (SSSR count). The number of benzene rings is 2. The molecule has 29 heavy (non-hydrogen) atoms. The molecule has 1 N–H and O–H groups in total. The maximum Gasteiger partial charge on any atom is 0.316 e. The van der Waals surface area contributed by atoms with Gasteiger partial charge in [-0.05, 0) is 24.6 Å². The van der Waals surface area contributed by atoms with Crippen molar-refractivity contribution in [3.63, 3.8) is 0 Å². The van der Waals surface area contributed by atoms with Gasteiger partial charge in [-0.1, -0.05) is 36.3 Å². The van der Waals surface area contributed by atoms with E-state index >= 15 is 0 Å². The van der Waals surface area contributed by atoms with E-state index in [0.29, 0.717) is 12.6 Å². The third kappa shape index (κ3) is 3.68. The second-order valence-electron chi connectivity index (χ2n) is 6.50. The topological polar surface area (TPSA) is 73.1 Å². The number of rotatable bonds is 5. The lowest BCUT2D eigenvalue weighted by molar-refractivity contribution is 0.282. The highest BCUT2D eigenvalue weighted by atomic mass is 16.5. The highest BCUT2D eigenvalue weighted by Gasteiger charge is 2.12. The minimum atomic E-state index is -0.0451. The van der Waals surface area contributed by atoms with Crippen molar-refractivity contribution in [3.8, 4) is 29.1 Å². The van der Waals surface area contributed by atoms with E-state index in [1.165, 1.54) is 0 Å². The summed E-state index contributed by atoms with van der Waals surface area (Å²) < 4.78 is 7.00. The third-order valence-electron chi connectivity index (χ3n) is 4.71. The molecule has 0 aliphatic rings. The zero-order chi connectivity index (χ0) is 20.2. The second kappa shape index (κ2) is 8.13. The van der Waals surface area contributed by atoms with Crippen molar-refractivity contribution in [1.29, 1.82) is 0 Å². The summed E-state index contributed by atoms with van der Waals surface area (Å²) >= 11 is 0. The van der Waals surface area contributed by atoms with Crippen LogP contribution in [0.2, 0.25) is 0 Å². The molecule has 2 heterocycles. The molecule has 0 aliphatic heterocycles. The van der Waals surface area contributed by atoms with Crippen molar-refractivity contribution >= 4 is 10.9 Å². The largest absolute Gasteiger partial charge is 0.467 e. The Labute approximate surface area is 168 Å². The first-order valence-electron chi connectivity index (χ1n) is 9.21. The predicted molar refractivity (Wildman–Crippen MR) is 111 cm³/mol. The molecule has 0 bridgehead atoms. The van der Waals surface area contributed by atoms with Crippen molar-refractivity contribution in [1.82, 2.24) is 19.7 Å². The first-order valence-corrected chi connectivity index (χ1v) is 9.21. The van der Waals surface area contributed by atoms with Gasteiger partial charge in [0.2, 0.25) is 0 Å². The van der Waals surface area contributed by atoms with Crippen LogP contribution in [0.15, 0.2) is 54.9 Å². The minimum absolute atomic E-state index is 0.0451. The number of aromatic nitrogens is 4. The SMILES string of the molecule is CC#Cc1ccc(CO)c2c1cnn2Cc1ccc(-c2ccnc(OC)n2)cc1. The molecule has 2 aromatic heterocycles. The van der Waals surface area contributed by atoms with Gasteiger partial charge in [-0.15, -0.1) is 5.92 Å². The zero-order valence-electron chi connectivity index (χ0n) is 16.3. The first-order chi connectivity index (χ1) is 14.2. The molecule has 0 spiro atoms. The van der Waals surface area contributed by atoms with E-state index in [-0.39, 0.29) is 6.61 Å². The van der Waals surface area contributed by atoms with Crippen LogP contribution < -0.4 is 4.74 Å². The van der Waals surface area contributed by atoms with Gasteiger partial charge in [0, 0.05) is 28.3 Å². The third-order valence-corrected chi connectivity index (χ3v) is 4.71. The smallest absolute Gasteiger partial charge is 0.316 e. The second-order valence-corrected chi connectivity index (χ2v) is 6.50. The standard InChI is InChI=1S/C23H20N4O2/c1-3-4-17-9-10-19(15-28)22-20(17)13-25-27(22)14-16-5-7-18(8-6-16)21-11-12-24-23(26-21)29-2/h5-13,28H,14-15H2,1-2H3. The van der Waals surface area contributed by atoms with Crippen LogP contribution in [0.3, 0.4) is 0 Å². The van der Waals surface area contributed by atoms with E-state index in [9.17, 15) is 5.11 Å². The van der Waals surface area contributed by atoms with Crippen LogP contribution in [0.4, 0.5) is 0 Å². The van der Waals surface area contributed by atoms with Gasteiger partial charge < -0.3 is 9.84 Å². The molecule has 2 aromatic carbocycles. The molecule has 0 aliphatic carbocycles. The van der Waals surface area contributed by atoms with Crippen LogP contribution in [0.25, 0.3) is 22.2 Å². The monoisotopic (exact) mass is 384 g/mol. The van der Waals surface area contributed by atoms with Crippen LogP contribution in [0, 0.1) is 11.8 Å². The quantitative estimate of drug-likeness (QED) is 0.534. The normalized spacial score (nSPS) is 10.6. The summed E-state index contributed by atoms with van der Waals surface area (Å²) in [6.45, 7) is 2.36. The first kappa shape index (κ1) is 18.7. The summed E-state index contributed by atoms with van der Waals surface area (Å²) in [4.78, 5) is 8.41. The minimum Gasteiger partial charge on any atom is -0.467 e. The fourth-order valence-electron chi connectivity index (χ4n) is 3.32. The number of hydrogen-bond acceptors (Lipinski definition) is 5. The van der Waals surface area contributed by atoms with Gasteiger partial charge in [0.05, 0.1) is 37.7 Å². The number of methoxy groups -OCH3 is 1. The highest BCUT2D eigenvalue weighted by molar-refractivity contribution is 5.88. The summed E-state index contributed by atoms with van der Waals surface area (Å²) in [6.07, 6.45) is 3.49. The van der Waals surface area contributed by atoms with Crippen LogP contribution in [0.5, 0.6) is 6.01 Å². The van der Waals surface area contributed by atoms with Gasteiger partial charge in [-0.25, -0.2) is 4.98 Å². The maximum absolute atomic E-state index is 9.77. The highest BCUT2D eigenvalue weighted by Crippen LogP contribution is 2.24. The van der Waals surface area contributed by atoms with E-state index in [1.807, 2.05) is 60.3 Å². The van der Waals surface area contributed by atoms with Gasteiger partial charge in [0.1, 0.15) is 0 Å². The number of ether oxygens (including phenoxy) is 1. The molecular formula is C23H20N4O2. The Morgan fingerprint density at radius 2 is 1.93 bits per heavy atom. The molecule has 0 saturated carbocycles. The molecule has 144 valence electrons. The van der Waals surface area contributed by atoms with E-state index in [4.69, 9.17) is 4.74 Å². The van der Waals surface area contributed by atoms with Crippen molar-refractivity contribution in [2.75, 3.05) is 7.11 Å². The molecule has 0 saturated heterocycles. The Balaban J connectivity index is 1.66. The van der Waals surface area contributed by atoms with E-state index in [0.717, 1.165) is 38.9 Å². The average molecular weight is 384 g/mol. The lowest BCUT2D eigenvalue weighted by Gasteiger charge is -2.09. The van der Waals surface area contributed by atoms with Gasteiger partial charge >= 0.3 is 6.01 Å². The molecule has 0 atom stereocenters. The van der Waals surface area contributed by atoms with Gasteiger partial charge in [-0.2, -0.15) is 10.1 Å². The molecule has 0 amide bonds. The van der Waals surface area contributed by atoms with Gasteiger partial charge in [-0.3, -0.25) is 4.68 Å². The lowest BCUT2D eigenvalue weighted by Crippen LogP contribution is -2.03. The van der Waals surface area contributed by atoms with Crippen LogP contribution >= 0.6 is 0 Å². The number of aliphatic hydroxyl groups excluding tert-OH is 1. The fraction of sp³-hybridized carbons (Fsp3) is 0.174. The van der Waals surface area contributed by atoms with Crippen LogP contribution in [0.1, 0.15) is 23.6 Å². The molecule has 0 radical (unpaired) electrons. The molecule has 0 unspecified atom stereocenters. The van der Waals surface area contributed by atoms with Gasteiger partial charge in [0.15, 0.2) is 0 Å². The number of hydrogen-bond donors (Lipinski definition) is 1. The molecule has 6 nitrogen and oxygen atoms in total. The summed E-state index contributed by atoms with van der Waals surface area (Å²) in [6, 6.07) is 14.2. The summed E-state index contributed by atoms with van der Waals surface area (Å²) in [5.74, 6) is 6.04. The molecule has 0 fully saturated rings. The maximum atomic E-state index is 9.77. The Kier molecular flexibility index (Phi) is 5.23. The lowest BCUT2D eigenvalue weighted by atomic mass is 10.1. The zero-order valence-corrected chi connectivity index (χ0v) is 16.3. The molecule has 6 heteroatoms. The Morgan fingerprint density at radius 1 is 1.10 bits per heavy atom. The predicted octanol–water partition coefficient (Wildman–Crippen LogP) is 3.41. The van der Waals surface area contributed by atoms with Gasteiger partial charge in [0.25, 0.3) is 0 Å². The number of aliphatic hydroxyl groups is 1. The fourth-order valence-corrected chi connectivity index (χ4v) is 3.32. The number of fused-ring (bicyclic) bond motifs is 1. The van der Waals surface area contributed by atoms with Crippen LogP contribution in [-0.4, -0.2) is 32.0 Å². The molecule has 4 aromatic rings. The Hall–Kier alpha value is -3.69.